The molecule has 0 aromatic heterocycles. The highest BCUT2D eigenvalue weighted by Crippen LogP contribution is 2.23. The van der Waals surface area contributed by atoms with Gasteiger partial charge in [-0.25, -0.2) is 8.42 Å². The number of amides is 1. The summed E-state index contributed by atoms with van der Waals surface area (Å²) in [6.07, 6.45) is 1.06. The van der Waals surface area contributed by atoms with E-state index in [4.69, 9.17) is 16.3 Å². The zero-order chi connectivity index (χ0) is 19.3. The summed E-state index contributed by atoms with van der Waals surface area (Å²) in [7, 11) is -2.12. The molecule has 0 saturated heterocycles. The van der Waals surface area contributed by atoms with E-state index in [1.54, 1.807) is 37.4 Å². The highest BCUT2D eigenvalue weighted by atomic mass is 35.5. The molecule has 1 amide bonds. The maximum absolute atomic E-state index is 12.6. The Morgan fingerprint density at radius 2 is 1.81 bits per heavy atom. The summed E-state index contributed by atoms with van der Waals surface area (Å²) in [5.41, 5.74) is 1.17. The molecule has 0 radical (unpaired) electrons. The molecule has 2 aromatic carbocycles. The number of anilines is 1. The van der Waals surface area contributed by atoms with Crippen LogP contribution in [0.15, 0.2) is 48.5 Å². The standard InChI is InChI=1S/C18H21ClN2O4S/c1-13(18(22)20-12-14-6-4-5-7-17(14)25-2)21(26(3,23)24)16-10-8-15(19)9-11-16/h4-11,13H,12H2,1-3H3,(H,20,22)/t13-/m1/s1. The van der Waals surface area contributed by atoms with Gasteiger partial charge in [-0.2, -0.15) is 0 Å². The molecule has 6 nitrogen and oxygen atoms in total. The third kappa shape index (κ3) is 4.89. The molecule has 1 N–H and O–H groups in total. The zero-order valence-electron chi connectivity index (χ0n) is 14.8. The Labute approximate surface area is 158 Å². The molecule has 0 aliphatic carbocycles. The number of benzene rings is 2. The Morgan fingerprint density at radius 3 is 2.38 bits per heavy atom. The SMILES string of the molecule is COc1ccccc1CNC(=O)[C@@H](C)N(c1ccc(Cl)cc1)S(C)(=O)=O. The maximum Gasteiger partial charge on any atom is 0.243 e. The first kappa shape index (κ1) is 20.1. The highest BCUT2D eigenvalue weighted by molar-refractivity contribution is 7.92. The molecule has 26 heavy (non-hydrogen) atoms. The second-order valence-electron chi connectivity index (χ2n) is 5.74. The van der Waals surface area contributed by atoms with Crippen molar-refractivity contribution in [1.29, 1.82) is 0 Å². The van der Waals surface area contributed by atoms with Crippen LogP contribution in [-0.4, -0.2) is 33.7 Å². The smallest absolute Gasteiger partial charge is 0.243 e. The minimum absolute atomic E-state index is 0.228. The average Bonchev–Trinajstić information content (AvgIpc) is 2.60. The molecule has 0 saturated carbocycles. The van der Waals surface area contributed by atoms with Gasteiger partial charge in [0.2, 0.25) is 15.9 Å². The molecule has 2 rings (SSSR count). The van der Waals surface area contributed by atoms with Gasteiger partial charge in [0, 0.05) is 17.1 Å². The molecule has 0 fully saturated rings. The van der Waals surface area contributed by atoms with Crippen LogP contribution in [0.1, 0.15) is 12.5 Å². The summed E-state index contributed by atoms with van der Waals surface area (Å²) in [6, 6.07) is 12.6. The minimum atomic E-state index is -3.67. The van der Waals surface area contributed by atoms with Gasteiger partial charge in [-0.3, -0.25) is 9.10 Å². The molecule has 0 bridgehead atoms. The first-order valence-electron chi connectivity index (χ1n) is 7.88. The number of para-hydroxylation sites is 1. The molecule has 0 aliphatic rings. The van der Waals surface area contributed by atoms with Crippen LogP contribution in [0, 0.1) is 0 Å². The summed E-state index contributed by atoms with van der Waals surface area (Å²) in [4.78, 5) is 12.6. The van der Waals surface area contributed by atoms with Crippen LogP contribution in [0.5, 0.6) is 5.75 Å². The van der Waals surface area contributed by atoms with Crippen molar-refractivity contribution in [2.75, 3.05) is 17.7 Å². The first-order chi connectivity index (χ1) is 12.2. The maximum atomic E-state index is 12.6. The van der Waals surface area contributed by atoms with Gasteiger partial charge in [0.05, 0.1) is 19.1 Å². The van der Waals surface area contributed by atoms with E-state index in [0.29, 0.717) is 16.5 Å². The second-order valence-corrected chi connectivity index (χ2v) is 8.04. The number of sulfonamides is 1. The predicted octanol–water partition coefficient (Wildman–Crippen LogP) is 2.82. The molecular weight excluding hydrogens is 376 g/mol. The van der Waals surface area contributed by atoms with Gasteiger partial charge in [0.1, 0.15) is 11.8 Å². The quantitative estimate of drug-likeness (QED) is 0.780. The lowest BCUT2D eigenvalue weighted by molar-refractivity contribution is -0.122. The largest absolute Gasteiger partial charge is 0.496 e. The van der Waals surface area contributed by atoms with E-state index >= 15 is 0 Å². The van der Waals surface area contributed by atoms with E-state index in [0.717, 1.165) is 16.1 Å². The molecule has 1 atom stereocenters. The molecule has 0 heterocycles. The second kappa shape index (κ2) is 8.42. The number of methoxy groups -OCH3 is 1. The third-order valence-corrected chi connectivity index (χ3v) is 5.31. The summed E-state index contributed by atoms with van der Waals surface area (Å²) in [5, 5.41) is 3.24. The summed E-state index contributed by atoms with van der Waals surface area (Å²) in [6.45, 7) is 1.76. The lowest BCUT2D eigenvalue weighted by atomic mass is 10.2. The zero-order valence-corrected chi connectivity index (χ0v) is 16.3. The lowest BCUT2D eigenvalue weighted by Gasteiger charge is -2.28. The average molecular weight is 397 g/mol. The molecule has 0 aliphatic heterocycles. The van der Waals surface area contributed by atoms with E-state index in [2.05, 4.69) is 5.32 Å². The Morgan fingerprint density at radius 1 is 1.19 bits per heavy atom. The number of rotatable bonds is 7. The molecule has 140 valence electrons. The van der Waals surface area contributed by atoms with Crippen LogP contribution in [0.3, 0.4) is 0 Å². The van der Waals surface area contributed by atoms with Crippen molar-refractivity contribution in [3.05, 3.63) is 59.1 Å². The first-order valence-corrected chi connectivity index (χ1v) is 10.1. The minimum Gasteiger partial charge on any atom is -0.496 e. The van der Waals surface area contributed by atoms with Crippen LogP contribution in [-0.2, 0) is 21.4 Å². The Balaban J connectivity index is 2.18. The third-order valence-electron chi connectivity index (χ3n) is 3.82. The van der Waals surface area contributed by atoms with Crippen molar-refractivity contribution >= 4 is 33.2 Å². The van der Waals surface area contributed by atoms with Gasteiger partial charge in [0.15, 0.2) is 0 Å². The van der Waals surface area contributed by atoms with Crippen molar-refractivity contribution in [2.24, 2.45) is 0 Å². The Bertz CT molecular complexity index is 869. The summed E-state index contributed by atoms with van der Waals surface area (Å²) in [5.74, 6) is 0.231. The monoisotopic (exact) mass is 396 g/mol. The van der Waals surface area contributed by atoms with E-state index in [1.807, 2.05) is 18.2 Å². The van der Waals surface area contributed by atoms with Crippen molar-refractivity contribution in [2.45, 2.75) is 19.5 Å². The molecule has 0 spiro atoms. The van der Waals surface area contributed by atoms with Gasteiger partial charge in [0.25, 0.3) is 0 Å². The topological polar surface area (TPSA) is 75.7 Å². The molecular formula is C18H21ClN2O4S. The summed E-state index contributed by atoms with van der Waals surface area (Å²) >= 11 is 5.86. The fraction of sp³-hybridized carbons (Fsp3) is 0.278. The van der Waals surface area contributed by atoms with E-state index in [9.17, 15) is 13.2 Å². The van der Waals surface area contributed by atoms with Crippen molar-refractivity contribution < 1.29 is 17.9 Å². The number of nitrogens with one attached hydrogen (secondary N) is 1. The van der Waals surface area contributed by atoms with Crippen LogP contribution in [0.25, 0.3) is 0 Å². The highest BCUT2D eigenvalue weighted by Gasteiger charge is 2.29. The lowest BCUT2D eigenvalue weighted by Crippen LogP contribution is -2.47. The number of ether oxygens (including phenoxy) is 1. The van der Waals surface area contributed by atoms with Gasteiger partial charge in [-0.15, -0.1) is 0 Å². The van der Waals surface area contributed by atoms with Crippen LogP contribution >= 0.6 is 11.6 Å². The van der Waals surface area contributed by atoms with Crippen LogP contribution in [0.4, 0.5) is 5.69 Å². The van der Waals surface area contributed by atoms with Gasteiger partial charge < -0.3 is 10.1 Å². The van der Waals surface area contributed by atoms with E-state index in [1.165, 1.54) is 6.92 Å². The fourth-order valence-corrected chi connectivity index (χ4v) is 3.88. The number of hydrogen-bond acceptors (Lipinski definition) is 4. The fourth-order valence-electron chi connectivity index (χ4n) is 2.58. The number of nitrogens with zero attached hydrogens (tertiary/aromatic N) is 1. The van der Waals surface area contributed by atoms with E-state index in [-0.39, 0.29) is 6.54 Å². The predicted molar refractivity (Wildman–Crippen MR) is 103 cm³/mol. The van der Waals surface area contributed by atoms with Gasteiger partial charge >= 0.3 is 0 Å². The van der Waals surface area contributed by atoms with Gasteiger partial charge in [-0.05, 0) is 37.3 Å². The van der Waals surface area contributed by atoms with Crippen molar-refractivity contribution in [3.8, 4) is 5.75 Å². The number of hydrogen-bond donors (Lipinski definition) is 1. The van der Waals surface area contributed by atoms with Crippen molar-refractivity contribution in [3.63, 3.8) is 0 Å². The molecule has 2 aromatic rings. The molecule has 8 heteroatoms. The number of halogens is 1. The van der Waals surface area contributed by atoms with E-state index < -0.39 is 22.0 Å². The van der Waals surface area contributed by atoms with Crippen LogP contribution < -0.4 is 14.4 Å². The van der Waals surface area contributed by atoms with Crippen LogP contribution in [0.2, 0.25) is 5.02 Å². The van der Waals surface area contributed by atoms with Gasteiger partial charge in [-0.1, -0.05) is 29.8 Å². The molecule has 0 unspecified atom stereocenters. The Kier molecular flexibility index (Phi) is 6.50. The number of carbonyl (C=O) groups excluding carboxylic acids is 1. The number of carbonyl (C=O) groups is 1. The van der Waals surface area contributed by atoms with Crippen molar-refractivity contribution in [1.82, 2.24) is 5.32 Å². The Hall–Kier alpha value is -2.25. The normalized spacial score (nSPS) is 12.3. The summed E-state index contributed by atoms with van der Waals surface area (Å²) < 4.78 is 30.8.